The van der Waals surface area contributed by atoms with Crippen LogP contribution in [0.15, 0.2) is 29.0 Å². The molecule has 9 heteroatoms. The monoisotopic (exact) mass is 393 g/mol. The number of benzene rings is 1. The van der Waals surface area contributed by atoms with Gasteiger partial charge in [0.1, 0.15) is 11.4 Å². The molecule has 2 heterocycles. The molecule has 0 aliphatic rings. The summed E-state index contributed by atoms with van der Waals surface area (Å²) >= 11 is 8.77. The molecule has 0 bridgehead atoms. The first-order valence-electron chi connectivity index (χ1n) is 5.83. The van der Waals surface area contributed by atoms with Gasteiger partial charge in [0.05, 0.1) is 11.2 Å². The molecule has 2 aromatic heterocycles. The van der Waals surface area contributed by atoms with E-state index < -0.39 is 23.3 Å². The van der Waals surface area contributed by atoms with E-state index in [1.165, 1.54) is 12.3 Å². The van der Waals surface area contributed by atoms with Crippen molar-refractivity contribution in [1.29, 1.82) is 0 Å². The molecule has 0 fully saturated rings. The fourth-order valence-electron chi connectivity index (χ4n) is 2.12. The van der Waals surface area contributed by atoms with Crippen molar-refractivity contribution >= 4 is 38.4 Å². The Balaban J connectivity index is 2.35. The van der Waals surface area contributed by atoms with E-state index in [4.69, 9.17) is 11.6 Å². The highest BCUT2D eigenvalue weighted by molar-refractivity contribution is 9.10. The first-order chi connectivity index (χ1) is 10.3. The van der Waals surface area contributed by atoms with Crippen molar-refractivity contribution in [3.05, 3.63) is 45.7 Å². The van der Waals surface area contributed by atoms with E-state index in [1.54, 1.807) is 0 Å². The third-order valence-electron chi connectivity index (χ3n) is 3.03. The van der Waals surface area contributed by atoms with E-state index in [0.717, 1.165) is 6.07 Å². The zero-order chi connectivity index (χ0) is 16.1. The molecule has 3 nitrogen and oxygen atoms in total. The van der Waals surface area contributed by atoms with Crippen molar-refractivity contribution in [2.75, 3.05) is 0 Å². The van der Waals surface area contributed by atoms with Gasteiger partial charge in [-0.25, -0.2) is 14.4 Å². The number of nitrogens with zero attached hydrogens (tertiary/aromatic N) is 2. The molecule has 0 aliphatic heterocycles. The molecule has 0 aliphatic carbocycles. The minimum Gasteiger partial charge on any atom is -0.360 e. The second-order valence-electron chi connectivity index (χ2n) is 4.41. The second-order valence-corrected chi connectivity index (χ2v) is 5.60. The molecule has 22 heavy (non-hydrogen) atoms. The topological polar surface area (TPSA) is 41.6 Å². The van der Waals surface area contributed by atoms with Gasteiger partial charge in [-0.1, -0.05) is 0 Å². The van der Waals surface area contributed by atoms with Crippen LogP contribution in [0, 0.1) is 5.82 Å². The lowest BCUT2D eigenvalue weighted by molar-refractivity contribution is -0.137. The number of hydrogen-bond donors (Lipinski definition) is 1. The number of alkyl halides is 3. The summed E-state index contributed by atoms with van der Waals surface area (Å²) in [5.41, 5.74) is -0.902. The molecule has 1 N–H and O–H groups in total. The van der Waals surface area contributed by atoms with E-state index >= 15 is 0 Å². The summed E-state index contributed by atoms with van der Waals surface area (Å²) in [7, 11) is 0. The van der Waals surface area contributed by atoms with Gasteiger partial charge in [0, 0.05) is 27.8 Å². The van der Waals surface area contributed by atoms with Crippen LogP contribution in [0.3, 0.4) is 0 Å². The number of H-pyrrole nitrogens is 1. The van der Waals surface area contributed by atoms with Crippen molar-refractivity contribution in [3.63, 3.8) is 0 Å². The molecule has 3 aromatic rings. The molecule has 3 rings (SSSR count). The molecular formula is C13H5BrClF4N3. The van der Waals surface area contributed by atoms with Crippen LogP contribution in [0.4, 0.5) is 17.6 Å². The normalized spacial score (nSPS) is 12.1. The molecule has 1 aromatic carbocycles. The summed E-state index contributed by atoms with van der Waals surface area (Å²) in [6.45, 7) is 0. The van der Waals surface area contributed by atoms with Crippen molar-refractivity contribution < 1.29 is 17.6 Å². The van der Waals surface area contributed by atoms with Crippen molar-refractivity contribution in [2.24, 2.45) is 0 Å². The molecular weight excluding hydrogens is 390 g/mol. The molecule has 0 saturated heterocycles. The number of rotatable bonds is 1. The van der Waals surface area contributed by atoms with Gasteiger partial charge in [-0.3, -0.25) is 0 Å². The molecule has 0 amide bonds. The molecule has 0 spiro atoms. The van der Waals surface area contributed by atoms with Crippen LogP contribution in [0.1, 0.15) is 5.56 Å². The maximum atomic E-state index is 13.6. The van der Waals surface area contributed by atoms with Crippen LogP contribution in [0.5, 0.6) is 0 Å². The van der Waals surface area contributed by atoms with E-state index in [0.29, 0.717) is 16.2 Å². The Morgan fingerprint density at radius 2 is 1.95 bits per heavy atom. The molecule has 114 valence electrons. The van der Waals surface area contributed by atoms with Crippen LogP contribution >= 0.6 is 27.5 Å². The van der Waals surface area contributed by atoms with Gasteiger partial charge in [-0.15, -0.1) is 0 Å². The standard InChI is InChI=1S/C13H5BrClF4N3/c14-9-2-5(16)1-6-7(3-20-11(6)9)10-8(13(17,18)19)4-21-12(15)22-10/h1-4,20H. The lowest BCUT2D eigenvalue weighted by Crippen LogP contribution is -2.09. The fraction of sp³-hybridized carbons (Fsp3) is 0.0769. The maximum Gasteiger partial charge on any atom is 0.419 e. The van der Waals surface area contributed by atoms with Crippen LogP contribution in [0.25, 0.3) is 22.2 Å². The third kappa shape index (κ3) is 2.56. The fourth-order valence-corrected chi connectivity index (χ4v) is 2.80. The average Bonchev–Trinajstić information content (AvgIpc) is 2.80. The quantitative estimate of drug-likeness (QED) is 0.455. The summed E-state index contributed by atoms with van der Waals surface area (Å²) in [6.07, 6.45) is -2.73. The number of halogens is 6. The summed E-state index contributed by atoms with van der Waals surface area (Å²) in [4.78, 5) is 9.84. The summed E-state index contributed by atoms with van der Waals surface area (Å²) in [5.74, 6) is -0.589. The van der Waals surface area contributed by atoms with Crippen LogP contribution in [-0.4, -0.2) is 15.0 Å². The van der Waals surface area contributed by atoms with Gasteiger partial charge < -0.3 is 4.98 Å². The summed E-state index contributed by atoms with van der Waals surface area (Å²) < 4.78 is 53.3. The first kappa shape index (κ1) is 15.2. The first-order valence-corrected chi connectivity index (χ1v) is 7.00. The van der Waals surface area contributed by atoms with Gasteiger partial charge in [-0.2, -0.15) is 13.2 Å². The Labute approximate surface area is 134 Å². The minimum absolute atomic E-state index is 0.0897. The largest absolute Gasteiger partial charge is 0.419 e. The summed E-state index contributed by atoms with van der Waals surface area (Å²) in [5, 5.41) is -0.0695. The van der Waals surface area contributed by atoms with Crippen LogP contribution in [0.2, 0.25) is 5.28 Å². The molecule has 0 unspecified atom stereocenters. The molecule has 0 radical (unpaired) electrons. The Hall–Kier alpha value is -1.67. The zero-order valence-corrected chi connectivity index (χ0v) is 12.8. The predicted octanol–water partition coefficient (Wildman–Crippen LogP) is 5.20. The zero-order valence-electron chi connectivity index (χ0n) is 10.5. The number of hydrogen-bond acceptors (Lipinski definition) is 2. The van der Waals surface area contributed by atoms with Gasteiger partial charge in [0.15, 0.2) is 0 Å². The Morgan fingerprint density at radius 3 is 2.64 bits per heavy atom. The van der Waals surface area contributed by atoms with Crippen LogP contribution < -0.4 is 0 Å². The number of aromatic amines is 1. The van der Waals surface area contributed by atoms with Gasteiger partial charge in [-0.05, 0) is 39.7 Å². The summed E-state index contributed by atoms with van der Waals surface area (Å²) in [6, 6.07) is 2.34. The van der Waals surface area contributed by atoms with Crippen molar-refractivity contribution in [2.45, 2.75) is 6.18 Å². The van der Waals surface area contributed by atoms with Gasteiger partial charge in [0.2, 0.25) is 5.28 Å². The molecule has 0 saturated carbocycles. The number of aromatic nitrogens is 3. The highest BCUT2D eigenvalue weighted by Crippen LogP contribution is 2.39. The second kappa shape index (κ2) is 5.20. The Kier molecular flexibility index (Phi) is 3.60. The van der Waals surface area contributed by atoms with Gasteiger partial charge >= 0.3 is 6.18 Å². The maximum absolute atomic E-state index is 13.6. The van der Waals surface area contributed by atoms with E-state index in [-0.39, 0.29) is 16.2 Å². The van der Waals surface area contributed by atoms with Crippen molar-refractivity contribution in [1.82, 2.24) is 15.0 Å². The van der Waals surface area contributed by atoms with E-state index in [9.17, 15) is 17.6 Å². The highest BCUT2D eigenvalue weighted by Gasteiger charge is 2.36. The van der Waals surface area contributed by atoms with E-state index in [1.807, 2.05) is 0 Å². The smallest absolute Gasteiger partial charge is 0.360 e. The Morgan fingerprint density at radius 1 is 1.23 bits per heavy atom. The third-order valence-corrected chi connectivity index (χ3v) is 3.83. The minimum atomic E-state index is -4.66. The SMILES string of the molecule is Fc1cc(Br)c2[nH]cc(-c3nc(Cl)ncc3C(F)(F)F)c2c1. The lowest BCUT2D eigenvalue weighted by atomic mass is 10.1. The Bertz CT molecular complexity index is 876. The average molecular weight is 395 g/mol. The van der Waals surface area contributed by atoms with Crippen molar-refractivity contribution in [3.8, 4) is 11.3 Å². The van der Waals surface area contributed by atoms with Crippen LogP contribution in [-0.2, 0) is 6.18 Å². The highest BCUT2D eigenvalue weighted by atomic mass is 79.9. The van der Waals surface area contributed by atoms with Gasteiger partial charge in [0.25, 0.3) is 0 Å². The molecule has 0 atom stereocenters. The number of fused-ring (bicyclic) bond motifs is 1. The number of nitrogens with one attached hydrogen (secondary N) is 1. The lowest BCUT2D eigenvalue weighted by Gasteiger charge is -2.11. The predicted molar refractivity (Wildman–Crippen MR) is 77.0 cm³/mol. The van der Waals surface area contributed by atoms with E-state index in [2.05, 4.69) is 30.9 Å².